The number of ketones is 1. The van der Waals surface area contributed by atoms with Gasteiger partial charge in [-0.1, -0.05) is 50.1 Å². The molecular weight excluding hydrogens is 358 g/mol. The fourth-order valence-corrected chi connectivity index (χ4v) is 3.75. The number of urea groups is 1. The maximum absolute atomic E-state index is 12.7. The molecule has 7 heteroatoms. The maximum atomic E-state index is 12.7. The minimum Gasteiger partial charge on any atom is -0.347 e. The number of hydrogen-bond donors (Lipinski definition) is 1. The van der Waals surface area contributed by atoms with Crippen LogP contribution in [0, 0.1) is 0 Å². The van der Waals surface area contributed by atoms with E-state index in [-0.39, 0.29) is 30.3 Å². The third kappa shape index (κ3) is 4.90. The van der Waals surface area contributed by atoms with Gasteiger partial charge in [-0.05, 0) is 24.8 Å². The van der Waals surface area contributed by atoms with Crippen LogP contribution in [0.15, 0.2) is 30.3 Å². The first-order chi connectivity index (χ1) is 13.6. The molecule has 1 aromatic carbocycles. The third-order valence-electron chi connectivity index (χ3n) is 5.36. The van der Waals surface area contributed by atoms with Crippen molar-refractivity contribution < 1.29 is 19.2 Å². The van der Waals surface area contributed by atoms with Crippen LogP contribution >= 0.6 is 0 Å². The number of carbonyl (C=O) groups is 3. The molecule has 1 N–H and O–H groups in total. The first kappa shape index (κ1) is 20.3. The summed E-state index contributed by atoms with van der Waals surface area (Å²) in [5.41, 5.74) is 0.989. The first-order valence-electron chi connectivity index (χ1n) is 10.2. The molecule has 0 aromatic heterocycles. The molecule has 0 spiro atoms. The first-order valence-corrected chi connectivity index (χ1v) is 10.2. The van der Waals surface area contributed by atoms with E-state index in [1.165, 1.54) is 5.06 Å². The molecule has 2 aliphatic rings. The van der Waals surface area contributed by atoms with Gasteiger partial charge in [-0.3, -0.25) is 14.4 Å². The Morgan fingerprint density at radius 3 is 2.71 bits per heavy atom. The fraction of sp³-hybridized carbons (Fsp3) is 0.571. The smallest absolute Gasteiger partial charge is 0.345 e. The molecule has 2 atom stereocenters. The molecule has 0 aliphatic carbocycles. The molecule has 3 amide bonds. The molecular formula is C21H29N3O4. The minimum atomic E-state index is -0.530. The van der Waals surface area contributed by atoms with Crippen LogP contribution in [0.5, 0.6) is 0 Å². The molecule has 2 bridgehead atoms. The lowest BCUT2D eigenvalue weighted by Gasteiger charge is -2.29. The third-order valence-corrected chi connectivity index (χ3v) is 5.36. The van der Waals surface area contributed by atoms with Crippen molar-refractivity contribution in [3.8, 4) is 0 Å². The lowest BCUT2D eigenvalue weighted by Crippen LogP contribution is -2.50. The molecule has 1 aromatic rings. The van der Waals surface area contributed by atoms with E-state index in [4.69, 9.17) is 4.84 Å². The topological polar surface area (TPSA) is 79.0 Å². The summed E-state index contributed by atoms with van der Waals surface area (Å²) in [5, 5.41) is 4.13. The molecule has 0 radical (unpaired) electrons. The predicted molar refractivity (Wildman–Crippen MR) is 104 cm³/mol. The zero-order valence-corrected chi connectivity index (χ0v) is 16.4. The van der Waals surface area contributed by atoms with E-state index in [2.05, 4.69) is 12.2 Å². The second-order valence-electron chi connectivity index (χ2n) is 7.48. The van der Waals surface area contributed by atoms with Gasteiger partial charge < -0.3 is 10.2 Å². The predicted octanol–water partition coefficient (Wildman–Crippen LogP) is 2.65. The normalized spacial score (nSPS) is 21.1. The van der Waals surface area contributed by atoms with Crippen LogP contribution in [0.25, 0.3) is 0 Å². The molecule has 2 aliphatic heterocycles. The van der Waals surface area contributed by atoms with Gasteiger partial charge in [0.1, 0.15) is 12.6 Å². The molecule has 2 heterocycles. The monoisotopic (exact) mass is 387 g/mol. The molecule has 0 unspecified atom stereocenters. The van der Waals surface area contributed by atoms with Crippen molar-refractivity contribution in [2.75, 3.05) is 13.1 Å². The minimum absolute atomic E-state index is 0.0315. The van der Waals surface area contributed by atoms with E-state index in [1.807, 2.05) is 30.3 Å². The van der Waals surface area contributed by atoms with Gasteiger partial charge >= 0.3 is 6.03 Å². The lowest BCUT2D eigenvalue weighted by atomic mass is 10.0. The number of nitrogens with one attached hydrogen (secondary N) is 1. The van der Waals surface area contributed by atoms with Gasteiger partial charge in [-0.2, -0.15) is 5.06 Å². The summed E-state index contributed by atoms with van der Waals surface area (Å²) in [4.78, 5) is 44.4. The highest BCUT2D eigenvalue weighted by Crippen LogP contribution is 2.30. The Bertz CT molecular complexity index is 694. The van der Waals surface area contributed by atoms with Crippen molar-refractivity contribution in [1.29, 1.82) is 0 Å². The number of hydrogen-bond acceptors (Lipinski definition) is 4. The average molecular weight is 387 g/mol. The van der Waals surface area contributed by atoms with Crippen LogP contribution in [0.3, 0.4) is 0 Å². The van der Waals surface area contributed by atoms with E-state index in [1.54, 1.807) is 4.90 Å². The molecule has 2 fully saturated rings. The number of amides is 3. The molecule has 3 rings (SSSR count). The zero-order valence-electron chi connectivity index (χ0n) is 16.4. The number of hydroxylamine groups is 2. The standard InChI is InChI=1S/C21H29N3O4/c1-2-3-5-10-18(25)13-22-20(26)19-12-11-17-14-23(19)21(27)24(17)28-15-16-8-6-4-7-9-16/h4,6-9,17,19H,2-3,5,10-15H2,1H3,(H,22,26)/t17-,19+/m1/s1. The van der Waals surface area contributed by atoms with Gasteiger partial charge in [0.15, 0.2) is 5.78 Å². The number of piperidine rings is 1. The Morgan fingerprint density at radius 1 is 1.18 bits per heavy atom. The highest BCUT2D eigenvalue weighted by molar-refractivity contribution is 5.91. The van der Waals surface area contributed by atoms with Crippen molar-refractivity contribution in [3.63, 3.8) is 0 Å². The van der Waals surface area contributed by atoms with E-state index in [9.17, 15) is 14.4 Å². The summed E-state index contributed by atoms with van der Waals surface area (Å²) in [6.07, 6.45) is 4.71. The van der Waals surface area contributed by atoms with E-state index < -0.39 is 6.04 Å². The number of nitrogens with zero attached hydrogens (tertiary/aromatic N) is 2. The number of rotatable bonds is 10. The van der Waals surface area contributed by atoms with Crippen molar-refractivity contribution >= 4 is 17.7 Å². The summed E-state index contributed by atoms with van der Waals surface area (Å²) >= 11 is 0. The van der Waals surface area contributed by atoms with Crippen LogP contribution < -0.4 is 5.32 Å². The summed E-state index contributed by atoms with van der Waals surface area (Å²) in [5.74, 6) is -0.211. The Labute approximate surface area is 166 Å². The number of benzene rings is 1. The Kier molecular flexibility index (Phi) is 7.03. The summed E-state index contributed by atoms with van der Waals surface area (Å²) in [7, 11) is 0. The highest BCUT2D eigenvalue weighted by Gasteiger charge is 2.47. The summed E-state index contributed by atoms with van der Waals surface area (Å²) < 4.78 is 0. The van der Waals surface area contributed by atoms with E-state index in [0.29, 0.717) is 32.4 Å². The summed E-state index contributed by atoms with van der Waals surface area (Å²) in [6, 6.07) is 8.84. The maximum Gasteiger partial charge on any atom is 0.345 e. The summed E-state index contributed by atoms with van der Waals surface area (Å²) in [6.45, 7) is 2.93. The average Bonchev–Trinajstić information content (AvgIpc) is 2.95. The largest absolute Gasteiger partial charge is 0.347 e. The molecule has 7 nitrogen and oxygen atoms in total. The second kappa shape index (κ2) is 9.68. The van der Waals surface area contributed by atoms with Crippen molar-refractivity contribution in [3.05, 3.63) is 35.9 Å². The number of unbranched alkanes of at least 4 members (excludes halogenated alkanes) is 2. The highest BCUT2D eigenvalue weighted by atomic mass is 16.7. The quantitative estimate of drug-likeness (QED) is 0.626. The molecule has 2 saturated heterocycles. The van der Waals surface area contributed by atoms with Gasteiger partial charge in [0, 0.05) is 13.0 Å². The van der Waals surface area contributed by atoms with E-state index >= 15 is 0 Å². The Hall–Kier alpha value is -2.41. The Balaban J connectivity index is 1.49. The number of fused-ring (bicyclic) bond motifs is 2. The van der Waals surface area contributed by atoms with Crippen molar-refractivity contribution in [2.24, 2.45) is 0 Å². The van der Waals surface area contributed by atoms with Gasteiger partial charge in [-0.25, -0.2) is 4.79 Å². The van der Waals surface area contributed by atoms with Crippen LogP contribution in [-0.2, 0) is 21.0 Å². The number of Topliss-reactive ketones (excluding diaryl/α,β-unsaturated/α-hetero) is 1. The van der Waals surface area contributed by atoms with Gasteiger partial charge in [0.05, 0.1) is 12.6 Å². The van der Waals surface area contributed by atoms with Crippen molar-refractivity contribution in [2.45, 2.75) is 64.1 Å². The van der Waals surface area contributed by atoms with Crippen LogP contribution in [0.4, 0.5) is 4.79 Å². The fourth-order valence-electron chi connectivity index (χ4n) is 3.75. The zero-order chi connectivity index (χ0) is 19.9. The van der Waals surface area contributed by atoms with E-state index in [0.717, 1.165) is 24.8 Å². The van der Waals surface area contributed by atoms with Gasteiger partial charge in [-0.15, -0.1) is 0 Å². The van der Waals surface area contributed by atoms with Crippen LogP contribution in [-0.4, -0.2) is 52.9 Å². The van der Waals surface area contributed by atoms with Crippen LogP contribution in [0.1, 0.15) is 51.0 Å². The van der Waals surface area contributed by atoms with Crippen LogP contribution in [0.2, 0.25) is 0 Å². The van der Waals surface area contributed by atoms with Gasteiger partial charge in [0.25, 0.3) is 0 Å². The molecule has 0 saturated carbocycles. The Morgan fingerprint density at radius 2 is 1.96 bits per heavy atom. The lowest BCUT2D eigenvalue weighted by molar-refractivity contribution is -0.140. The second-order valence-corrected chi connectivity index (χ2v) is 7.48. The molecule has 28 heavy (non-hydrogen) atoms. The molecule has 152 valence electrons. The number of carbonyl (C=O) groups excluding carboxylic acids is 3. The van der Waals surface area contributed by atoms with Crippen molar-refractivity contribution in [1.82, 2.24) is 15.3 Å². The SMILES string of the molecule is CCCCCC(=O)CNC(=O)[C@@H]1CC[C@@H]2CN1C(=O)N2OCc1ccccc1. The van der Waals surface area contributed by atoms with Gasteiger partial charge in [0.2, 0.25) is 5.91 Å².